The Hall–Kier alpha value is -2.60. The van der Waals surface area contributed by atoms with E-state index in [1.807, 2.05) is 26.0 Å². The molecule has 0 aliphatic carbocycles. The number of aromatic nitrogens is 1. The van der Waals surface area contributed by atoms with Gasteiger partial charge < -0.3 is 14.8 Å². The molecule has 7 heteroatoms. The van der Waals surface area contributed by atoms with E-state index >= 15 is 0 Å². The van der Waals surface area contributed by atoms with Gasteiger partial charge in [0.05, 0.1) is 5.02 Å². The lowest BCUT2D eigenvalue weighted by Crippen LogP contribution is -2.31. The average Bonchev–Trinajstić information content (AvgIpc) is 2.58. The number of nitrogens with zero attached hydrogens (tertiary/aromatic N) is 1. The van der Waals surface area contributed by atoms with E-state index in [9.17, 15) is 9.59 Å². The van der Waals surface area contributed by atoms with Crippen LogP contribution in [0.15, 0.2) is 36.5 Å². The van der Waals surface area contributed by atoms with Crippen molar-refractivity contribution in [3.63, 3.8) is 0 Å². The second-order valence-electron chi connectivity index (χ2n) is 5.52. The number of ether oxygens (including phenoxy) is 2. The summed E-state index contributed by atoms with van der Waals surface area (Å²) >= 11 is 5.72. The number of rotatable bonds is 6. The second-order valence-corrected chi connectivity index (χ2v) is 5.95. The number of pyridine rings is 1. The van der Waals surface area contributed by atoms with Crippen LogP contribution in [0.3, 0.4) is 0 Å². The molecular formula is C18H19ClN2O4. The minimum atomic E-state index is -0.978. The number of amides is 1. The van der Waals surface area contributed by atoms with Crippen molar-refractivity contribution in [2.75, 3.05) is 11.9 Å². The Morgan fingerprint density at radius 1 is 1.20 bits per heavy atom. The first kappa shape index (κ1) is 18.7. The number of hydrogen-bond donors (Lipinski definition) is 1. The molecule has 0 unspecified atom stereocenters. The highest BCUT2D eigenvalue weighted by Gasteiger charge is 2.18. The second kappa shape index (κ2) is 8.48. The van der Waals surface area contributed by atoms with Crippen LogP contribution in [0, 0.1) is 13.8 Å². The number of benzene rings is 1. The van der Waals surface area contributed by atoms with Crippen LogP contribution < -0.4 is 10.1 Å². The standard InChI is InChI=1S/C18H19ClN2O4/c1-11-4-6-15(8-12(11)2)24-10-17(22)25-13(3)18(23)21-16-7-5-14(19)9-20-16/h4-9,13H,10H2,1-3H3,(H,20,21,23)/t13-/m1/s1. The Morgan fingerprint density at radius 2 is 1.96 bits per heavy atom. The zero-order valence-corrected chi connectivity index (χ0v) is 15.0. The van der Waals surface area contributed by atoms with Gasteiger partial charge in [-0.1, -0.05) is 17.7 Å². The summed E-state index contributed by atoms with van der Waals surface area (Å²) in [6.07, 6.45) is 0.430. The third-order valence-electron chi connectivity index (χ3n) is 3.49. The van der Waals surface area contributed by atoms with Crippen LogP contribution in [0.1, 0.15) is 18.1 Å². The van der Waals surface area contributed by atoms with Gasteiger partial charge in [0.15, 0.2) is 12.7 Å². The van der Waals surface area contributed by atoms with Gasteiger partial charge in [-0.25, -0.2) is 9.78 Å². The van der Waals surface area contributed by atoms with Crippen LogP contribution in [0.2, 0.25) is 5.02 Å². The summed E-state index contributed by atoms with van der Waals surface area (Å²) in [5.41, 5.74) is 2.20. The van der Waals surface area contributed by atoms with E-state index in [2.05, 4.69) is 10.3 Å². The molecule has 0 radical (unpaired) electrons. The van der Waals surface area contributed by atoms with E-state index in [0.29, 0.717) is 16.6 Å². The maximum absolute atomic E-state index is 12.0. The third-order valence-corrected chi connectivity index (χ3v) is 3.71. The molecule has 0 fully saturated rings. The molecule has 0 saturated carbocycles. The van der Waals surface area contributed by atoms with Gasteiger partial charge in [0.2, 0.25) is 0 Å². The van der Waals surface area contributed by atoms with Gasteiger partial charge in [0.25, 0.3) is 5.91 Å². The molecule has 2 rings (SSSR count). The number of halogens is 1. The van der Waals surface area contributed by atoms with Crippen molar-refractivity contribution < 1.29 is 19.1 Å². The molecule has 0 saturated heterocycles. The van der Waals surface area contributed by atoms with Crippen LogP contribution in [-0.2, 0) is 14.3 Å². The molecule has 0 spiro atoms. The van der Waals surface area contributed by atoms with Crippen molar-refractivity contribution in [2.45, 2.75) is 26.9 Å². The molecule has 0 aliphatic rings. The first-order chi connectivity index (χ1) is 11.8. The van der Waals surface area contributed by atoms with E-state index in [1.165, 1.54) is 13.1 Å². The van der Waals surface area contributed by atoms with E-state index in [1.54, 1.807) is 18.2 Å². The van der Waals surface area contributed by atoms with Crippen molar-refractivity contribution in [1.82, 2.24) is 4.98 Å². The number of hydrogen-bond acceptors (Lipinski definition) is 5. The monoisotopic (exact) mass is 362 g/mol. The first-order valence-electron chi connectivity index (χ1n) is 7.67. The fourth-order valence-electron chi connectivity index (χ4n) is 1.91. The number of esters is 1. The quantitative estimate of drug-likeness (QED) is 0.798. The zero-order valence-electron chi connectivity index (χ0n) is 14.2. The Balaban J connectivity index is 1.81. The molecule has 1 aromatic carbocycles. The van der Waals surface area contributed by atoms with Gasteiger partial charge in [-0.3, -0.25) is 4.79 Å². The molecule has 1 atom stereocenters. The van der Waals surface area contributed by atoms with Crippen LogP contribution in [-0.4, -0.2) is 29.6 Å². The summed E-state index contributed by atoms with van der Waals surface area (Å²) < 4.78 is 10.4. The highest BCUT2D eigenvalue weighted by molar-refractivity contribution is 6.30. The fraction of sp³-hybridized carbons (Fsp3) is 0.278. The lowest BCUT2D eigenvalue weighted by atomic mass is 10.1. The molecular weight excluding hydrogens is 344 g/mol. The van der Waals surface area contributed by atoms with E-state index in [-0.39, 0.29) is 6.61 Å². The van der Waals surface area contributed by atoms with Gasteiger partial charge >= 0.3 is 5.97 Å². The molecule has 1 heterocycles. The van der Waals surface area contributed by atoms with Crippen molar-refractivity contribution in [3.8, 4) is 5.75 Å². The van der Waals surface area contributed by atoms with Crippen LogP contribution >= 0.6 is 11.6 Å². The summed E-state index contributed by atoms with van der Waals surface area (Å²) in [4.78, 5) is 27.7. The fourth-order valence-corrected chi connectivity index (χ4v) is 2.02. The Morgan fingerprint density at radius 3 is 2.60 bits per heavy atom. The molecule has 2 aromatic rings. The molecule has 6 nitrogen and oxygen atoms in total. The Bertz CT molecular complexity index is 762. The number of anilines is 1. The van der Waals surface area contributed by atoms with Gasteiger partial charge in [-0.05, 0) is 56.2 Å². The number of aryl methyl sites for hydroxylation is 2. The third kappa shape index (κ3) is 5.76. The first-order valence-corrected chi connectivity index (χ1v) is 8.05. The van der Waals surface area contributed by atoms with Gasteiger partial charge in [0.1, 0.15) is 11.6 Å². The van der Waals surface area contributed by atoms with Crippen LogP contribution in [0.5, 0.6) is 5.75 Å². The summed E-state index contributed by atoms with van der Waals surface area (Å²) in [7, 11) is 0. The van der Waals surface area contributed by atoms with Gasteiger partial charge in [0, 0.05) is 6.20 Å². The molecule has 25 heavy (non-hydrogen) atoms. The van der Waals surface area contributed by atoms with Crippen molar-refractivity contribution in [1.29, 1.82) is 0 Å². The topological polar surface area (TPSA) is 77.5 Å². The highest BCUT2D eigenvalue weighted by atomic mass is 35.5. The number of carbonyl (C=O) groups excluding carboxylic acids is 2. The van der Waals surface area contributed by atoms with Crippen LogP contribution in [0.4, 0.5) is 5.82 Å². The molecule has 1 aromatic heterocycles. The number of nitrogens with one attached hydrogen (secondary N) is 1. The predicted molar refractivity (Wildman–Crippen MR) is 94.8 cm³/mol. The smallest absolute Gasteiger partial charge is 0.344 e. The summed E-state index contributed by atoms with van der Waals surface area (Å²) in [5, 5.41) is 2.99. The van der Waals surface area contributed by atoms with Crippen molar-refractivity contribution in [3.05, 3.63) is 52.7 Å². The lowest BCUT2D eigenvalue weighted by Gasteiger charge is -2.14. The normalized spacial score (nSPS) is 11.5. The largest absolute Gasteiger partial charge is 0.482 e. The molecule has 1 amide bonds. The molecule has 0 bridgehead atoms. The summed E-state index contributed by atoms with van der Waals surface area (Å²) in [5.74, 6) is -0.231. The summed E-state index contributed by atoms with van der Waals surface area (Å²) in [6.45, 7) is 5.14. The summed E-state index contributed by atoms with van der Waals surface area (Å²) in [6, 6.07) is 8.67. The van der Waals surface area contributed by atoms with Gasteiger partial charge in [-0.2, -0.15) is 0 Å². The zero-order chi connectivity index (χ0) is 18.4. The van der Waals surface area contributed by atoms with Crippen molar-refractivity contribution >= 4 is 29.3 Å². The molecule has 132 valence electrons. The maximum atomic E-state index is 12.0. The number of carbonyl (C=O) groups is 2. The van der Waals surface area contributed by atoms with Crippen molar-refractivity contribution in [2.24, 2.45) is 0 Å². The SMILES string of the molecule is Cc1ccc(OCC(=O)O[C@H](C)C(=O)Nc2ccc(Cl)cn2)cc1C. The van der Waals surface area contributed by atoms with E-state index < -0.39 is 18.0 Å². The molecule has 0 aliphatic heterocycles. The Kier molecular flexibility index (Phi) is 6.36. The molecule has 1 N–H and O–H groups in total. The highest BCUT2D eigenvalue weighted by Crippen LogP contribution is 2.16. The average molecular weight is 363 g/mol. The van der Waals surface area contributed by atoms with Crippen LogP contribution in [0.25, 0.3) is 0 Å². The lowest BCUT2D eigenvalue weighted by molar-refractivity contribution is -0.155. The predicted octanol–water partition coefficient (Wildman–Crippen LogP) is 3.30. The Labute approximate surface area is 151 Å². The van der Waals surface area contributed by atoms with Gasteiger partial charge in [-0.15, -0.1) is 0 Å². The van der Waals surface area contributed by atoms with E-state index in [4.69, 9.17) is 21.1 Å². The van der Waals surface area contributed by atoms with E-state index in [0.717, 1.165) is 11.1 Å². The maximum Gasteiger partial charge on any atom is 0.344 e. The minimum absolute atomic E-state index is 0.278. The minimum Gasteiger partial charge on any atom is -0.482 e.